The van der Waals surface area contributed by atoms with Crippen LogP contribution in [0, 0.1) is 11.7 Å². The molecule has 1 aromatic carbocycles. The summed E-state index contributed by atoms with van der Waals surface area (Å²) in [6.07, 6.45) is 2.41. The standard InChI is InChI=1S/C16H24BrFN2/c1-3-19-11-13-6-8-20(9-7-13)12(2)15-5-4-14(17)10-16(15)18/h4-5,10,12-13,19H,3,6-9,11H2,1-2H3. The van der Waals surface area contributed by atoms with Crippen LogP contribution in [0.5, 0.6) is 0 Å². The first-order valence-electron chi connectivity index (χ1n) is 7.51. The van der Waals surface area contributed by atoms with Crippen molar-refractivity contribution in [2.24, 2.45) is 5.92 Å². The highest BCUT2D eigenvalue weighted by Gasteiger charge is 2.24. The maximum Gasteiger partial charge on any atom is 0.129 e. The molecule has 1 unspecified atom stereocenters. The Kier molecular flexibility index (Phi) is 6.00. The van der Waals surface area contributed by atoms with Crippen molar-refractivity contribution in [3.63, 3.8) is 0 Å². The predicted molar refractivity (Wildman–Crippen MR) is 85.4 cm³/mol. The van der Waals surface area contributed by atoms with Crippen molar-refractivity contribution in [3.05, 3.63) is 34.1 Å². The SMILES string of the molecule is CCNCC1CCN(C(C)c2ccc(Br)cc2F)CC1. The van der Waals surface area contributed by atoms with Gasteiger partial charge in [-0.15, -0.1) is 0 Å². The van der Waals surface area contributed by atoms with Crippen LogP contribution in [0.15, 0.2) is 22.7 Å². The van der Waals surface area contributed by atoms with Gasteiger partial charge in [-0.2, -0.15) is 0 Å². The molecule has 0 bridgehead atoms. The number of likely N-dealkylation sites (tertiary alicyclic amines) is 1. The zero-order valence-corrected chi connectivity index (χ0v) is 13.9. The van der Waals surface area contributed by atoms with Crippen molar-refractivity contribution in [1.82, 2.24) is 10.2 Å². The number of nitrogens with one attached hydrogen (secondary N) is 1. The topological polar surface area (TPSA) is 15.3 Å². The van der Waals surface area contributed by atoms with E-state index in [1.54, 1.807) is 6.07 Å². The molecule has 0 radical (unpaired) electrons. The summed E-state index contributed by atoms with van der Waals surface area (Å²) >= 11 is 3.31. The van der Waals surface area contributed by atoms with Crippen molar-refractivity contribution in [2.75, 3.05) is 26.2 Å². The normalized spacial score (nSPS) is 19.2. The summed E-state index contributed by atoms with van der Waals surface area (Å²) in [6, 6.07) is 5.54. The number of rotatable bonds is 5. The van der Waals surface area contributed by atoms with E-state index in [1.165, 1.54) is 12.8 Å². The van der Waals surface area contributed by atoms with Crippen LogP contribution in [0.4, 0.5) is 4.39 Å². The molecule has 1 aliphatic heterocycles. The van der Waals surface area contributed by atoms with Crippen molar-refractivity contribution in [2.45, 2.75) is 32.7 Å². The Morgan fingerprint density at radius 1 is 1.40 bits per heavy atom. The average molecular weight is 343 g/mol. The van der Waals surface area contributed by atoms with Gasteiger partial charge in [-0.1, -0.05) is 28.9 Å². The Morgan fingerprint density at radius 3 is 2.70 bits per heavy atom. The summed E-state index contributed by atoms with van der Waals surface area (Å²) in [6.45, 7) is 8.54. The van der Waals surface area contributed by atoms with Crippen LogP contribution in [0.25, 0.3) is 0 Å². The summed E-state index contributed by atoms with van der Waals surface area (Å²) in [5.41, 5.74) is 0.804. The molecule has 2 rings (SSSR count). The molecule has 0 aromatic heterocycles. The second kappa shape index (κ2) is 7.53. The van der Waals surface area contributed by atoms with E-state index in [9.17, 15) is 4.39 Å². The summed E-state index contributed by atoms with van der Waals surface area (Å²) in [5, 5.41) is 3.43. The van der Waals surface area contributed by atoms with Gasteiger partial charge in [-0.3, -0.25) is 4.90 Å². The molecule has 112 valence electrons. The lowest BCUT2D eigenvalue weighted by molar-refractivity contribution is 0.138. The van der Waals surface area contributed by atoms with Gasteiger partial charge in [-0.25, -0.2) is 4.39 Å². The molecule has 20 heavy (non-hydrogen) atoms. The minimum Gasteiger partial charge on any atom is -0.317 e. The van der Waals surface area contributed by atoms with Crippen LogP contribution in [0.1, 0.15) is 38.3 Å². The van der Waals surface area contributed by atoms with Gasteiger partial charge in [0, 0.05) is 16.1 Å². The number of benzene rings is 1. The third-order valence-corrected chi connectivity index (χ3v) is 4.79. The van der Waals surface area contributed by atoms with Crippen molar-refractivity contribution < 1.29 is 4.39 Å². The van der Waals surface area contributed by atoms with Gasteiger partial charge in [0.2, 0.25) is 0 Å². The zero-order chi connectivity index (χ0) is 14.5. The molecule has 1 N–H and O–H groups in total. The van der Waals surface area contributed by atoms with Gasteiger partial charge >= 0.3 is 0 Å². The highest BCUT2D eigenvalue weighted by atomic mass is 79.9. The number of halogens is 2. The Balaban J connectivity index is 1.92. The molecule has 0 spiro atoms. The first-order valence-corrected chi connectivity index (χ1v) is 8.30. The van der Waals surface area contributed by atoms with E-state index in [4.69, 9.17) is 0 Å². The smallest absolute Gasteiger partial charge is 0.129 e. The fourth-order valence-corrected chi connectivity index (χ4v) is 3.26. The second-order valence-electron chi connectivity index (χ2n) is 5.63. The molecule has 2 nitrogen and oxygen atoms in total. The maximum absolute atomic E-state index is 14.0. The Hall–Kier alpha value is -0.450. The van der Waals surface area contributed by atoms with Gasteiger partial charge in [0.25, 0.3) is 0 Å². The lowest BCUT2D eigenvalue weighted by atomic mass is 9.94. The van der Waals surface area contributed by atoms with Crippen LogP contribution in [-0.2, 0) is 0 Å². The van der Waals surface area contributed by atoms with E-state index < -0.39 is 0 Å². The Labute approximate surface area is 129 Å². The second-order valence-corrected chi connectivity index (χ2v) is 6.54. The molecule has 1 fully saturated rings. The van der Waals surface area contributed by atoms with Crippen molar-refractivity contribution in [1.29, 1.82) is 0 Å². The highest BCUT2D eigenvalue weighted by Crippen LogP contribution is 2.29. The fourth-order valence-electron chi connectivity index (χ4n) is 2.93. The minimum absolute atomic E-state index is 0.110. The van der Waals surface area contributed by atoms with E-state index in [-0.39, 0.29) is 11.9 Å². The van der Waals surface area contributed by atoms with E-state index >= 15 is 0 Å². The van der Waals surface area contributed by atoms with Crippen LogP contribution < -0.4 is 5.32 Å². The number of nitrogens with zero attached hydrogens (tertiary/aromatic N) is 1. The summed E-state index contributed by atoms with van der Waals surface area (Å²) in [7, 11) is 0. The molecule has 0 aliphatic carbocycles. The third kappa shape index (κ3) is 4.03. The molecule has 0 saturated carbocycles. The molecule has 1 atom stereocenters. The number of hydrogen-bond donors (Lipinski definition) is 1. The van der Waals surface area contributed by atoms with E-state index in [0.29, 0.717) is 0 Å². The number of hydrogen-bond acceptors (Lipinski definition) is 2. The third-order valence-electron chi connectivity index (χ3n) is 4.29. The van der Waals surface area contributed by atoms with E-state index in [2.05, 4.69) is 40.0 Å². The Morgan fingerprint density at radius 2 is 2.10 bits per heavy atom. The first kappa shape index (κ1) is 15.9. The van der Waals surface area contributed by atoms with Crippen LogP contribution in [0.3, 0.4) is 0 Å². The molecule has 0 amide bonds. The Bertz CT molecular complexity index is 430. The summed E-state index contributed by atoms with van der Waals surface area (Å²) in [4.78, 5) is 2.40. The van der Waals surface area contributed by atoms with Gasteiger partial charge < -0.3 is 5.32 Å². The first-order chi connectivity index (χ1) is 9.61. The largest absolute Gasteiger partial charge is 0.317 e. The molecular weight excluding hydrogens is 319 g/mol. The molecular formula is C16H24BrFN2. The van der Waals surface area contributed by atoms with Gasteiger partial charge in [0.05, 0.1) is 0 Å². The molecule has 1 aromatic rings. The van der Waals surface area contributed by atoms with Gasteiger partial charge in [-0.05, 0) is 64.0 Å². The predicted octanol–water partition coefficient (Wildman–Crippen LogP) is 3.97. The average Bonchev–Trinajstić information content (AvgIpc) is 2.45. The van der Waals surface area contributed by atoms with Gasteiger partial charge in [0.15, 0.2) is 0 Å². The molecule has 1 aliphatic rings. The van der Waals surface area contributed by atoms with Gasteiger partial charge in [0.1, 0.15) is 5.82 Å². The quantitative estimate of drug-likeness (QED) is 0.870. The van der Waals surface area contributed by atoms with Crippen LogP contribution >= 0.6 is 15.9 Å². The van der Waals surface area contributed by atoms with Crippen LogP contribution in [0.2, 0.25) is 0 Å². The lowest BCUT2D eigenvalue weighted by Crippen LogP contribution is -2.38. The lowest BCUT2D eigenvalue weighted by Gasteiger charge is -2.36. The van der Waals surface area contributed by atoms with E-state index in [0.717, 1.165) is 42.1 Å². The van der Waals surface area contributed by atoms with E-state index in [1.807, 2.05) is 12.1 Å². The maximum atomic E-state index is 14.0. The fraction of sp³-hybridized carbons (Fsp3) is 0.625. The molecule has 1 saturated heterocycles. The zero-order valence-electron chi connectivity index (χ0n) is 12.3. The van der Waals surface area contributed by atoms with Crippen LogP contribution in [-0.4, -0.2) is 31.1 Å². The summed E-state index contributed by atoms with van der Waals surface area (Å²) < 4.78 is 14.8. The highest BCUT2D eigenvalue weighted by molar-refractivity contribution is 9.10. The molecule has 4 heteroatoms. The van der Waals surface area contributed by atoms with Crippen molar-refractivity contribution >= 4 is 15.9 Å². The van der Waals surface area contributed by atoms with Crippen molar-refractivity contribution in [3.8, 4) is 0 Å². The number of piperidine rings is 1. The molecule has 1 heterocycles. The minimum atomic E-state index is -0.110. The summed E-state index contributed by atoms with van der Waals surface area (Å²) in [5.74, 6) is 0.662. The monoisotopic (exact) mass is 342 g/mol.